The van der Waals surface area contributed by atoms with Crippen LogP contribution in [0.15, 0.2) is 57.5 Å². The van der Waals surface area contributed by atoms with Crippen molar-refractivity contribution < 1.29 is 9.10 Å². The fourth-order valence-electron chi connectivity index (χ4n) is 4.43. The van der Waals surface area contributed by atoms with Crippen LogP contribution in [0.2, 0.25) is 0 Å². The molecule has 4 atom stereocenters. The van der Waals surface area contributed by atoms with Gasteiger partial charge in [0.1, 0.15) is 0 Å². The molecular weight excluding hydrogens is 446 g/mol. The number of amidine groups is 1. The third kappa shape index (κ3) is 7.52. The van der Waals surface area contributed by atoms with E-state index in [0.29, 0.717) is 37.9 Å². The molecule has 2 aliphatic heterocycles. The van der Waals surface area contributed by atoms with Gasteiger partial charge in [0.05, 0.1) is 0 Å². The second kappa shape index (κ2) is 14.4. The molecule has 0 aromatic carbocycles. The Morgan fingerprint density at radius 1 is 1.47 bits per heavy atom. The summed E-state index contributed by atoms with van der Waals surface area (Å²) in [5.74, 6) is 1.90. The standard InChI is InChI=1S/C26H40BFN4OS/c1-7-13-31(27-33)17-21-15-24-22(23(29-6)12-10-11-20(5)28)16-30-26(32(24)18-21)25(19(4)9-3)34-14-8-2/h7-8,10,12,14,19-21,25H,1,9,11,13,15-18H2,2-6H3/b12-10-,14-8-,29-23?. The van der Waals surface area contributed by atoms with E-state index in [4.69, 9.17) is 4.99 Å². The zero-order chi connectivity index (χ0) is 25.1. The second-order valence-corrected chi connectivity index (χ2v) is 10.1. The van der Waals surface area contributed by atoms with Crippen LogP contribution in [0.4, 0.5) is 4.39 Å². The summed E-state index contributed by atoms with van der Waals surface area (Å²) in [6.45, 7) is 14.5. The minimum atomic E-state index is -0.880. The Bertz CT molecular complexity index is 852. The molecule has 0 aromatic heterocycles. The van der Waals surface area contributed by atoms with Crippen LogP contribution in [0.1, 0.15) is 47.0 Å². The Kier molecular flexibility index (Phi) is 12.0. The summed E-state index contributed by atoms with van der Waals surface area (Å²) < 4.78 is 24.9. The molecule has 2 heterocycles. The molecule has 5 nitrogen and oxygen atoms in total. The van der Waals surface area contributed by atoms with Gasteiger partial charge in [-0.25, -0.2) is 0 Å². The number of fused-ring (bicyclic) bond motifs is 1. The predicted molar refractivity (Wildman–Crippen MR) is 146 cm³/mol. The molecule has 0 saturated carbocycles. The number of halogens is 1. The third-order valence-electron chi connectivity index (χ3n) is 6.34. The van der Waals surface area contributed by atoms with E-state index in [9.17, 15) is 9.10 Å². The maximum atomic E-state index is 13.4. The summed E-state index contributed by atoms with van der Waals surface area (Å²) in [6, 6.07) is 0. The second-order valence-electron chi connectivity index (χ2n) is 9.07. The first kappa shape index (κ1) is 28.3. The number of nitrogens with zero attached hydrogens (tertiary/aromatic N) is 4. The molecule has 34 heavy (non-hydrogen) atoms. The number of hydrogen-bond donors (Lipinski definition) is 0. The van der Waals surface area contributed by atoms with Crippen molar-refractivity contribution in [2.75, 3.05) is 33.2 Å². The Balaban J connectivity index is 2.43. The molecule has 0 aliphatic carbocycles. The molecule has 0 N–H and O–H groups in total. The number of aliphatic imine (C=N–C) groups is 2. The van der Waals surface area contributed by atoms with E-state index in [1.165, 1.54) is 5.70 Å². The quantitative estimate of drug-likeness (QED) is 0.185. The van der Waals surface area contributed by atoms with E-state index in [1.807, 2.05) is 30.8 Å². The van der Waals surface area contributed by atoms with E-state index in [2.05, 4.69) is 41.8 Å². The molecule has 8 heteroatoms. The zero-order valence-corrected chi connectivity index (χ0v) is 22.2. The summed E-state index contributed by atoms with van der Waals surface area (Å²) in [5, 5.41) is 2.42. The molecule has 0 bridgehead atoms. The normalized spacial score (nSPS) is 21.5. The molecule has 0 radical (unpaired) electrons. The average molecular weight is 487 g/mol. The van der Waals surface area contributed by atoms with Gasteiger partial charge in [0.15, 0.2) is 0 Å². The van der Waals surface area contributed by atoms with Gasteiger partial charge < -0.3 is 0 Å². The van der Waals surface area contributed by atoms with Gasteiger partial charge in [0.25, 0.3) is 0 Å². The average Bonchev–Trinajstić information content (AvgIpc) is 3.25. The van der Waals surface area contributed by atoms with Crippen LogP contribution >= 0.6 is 11.8 Å². The molecule has 2 rings (SSSR count). The number of hydrogen-bond acceptors (Lipinski definition) is 5. The van der Waals surface area contributed by atoms with Gasteiger partial charge in [-0.05, 0) is 0 Å². The zero-order valence-electron chi connectivity index (χ0n) is 21.4. The van der Waals surface area contributed by atoms with Crippen LogP contribution in [-0.4, -0.2) is 73.2 Å². The van der Waals surface area contributed by atoms with Crippen molar-refractivity contribution in [2.24, 2.45) is 21.8 Å². The van der Waals surface area contributed by atoms with Crippen LogP contribution < -0.4 is 0 Å². The number of thioether (sulfide) groups is 1. The van der Waals surface area contributed by atoms with Crippen LogP contribution in [0, 0.1) is 11.8 Å². The Labute approximate surface area is 210 Å². The molecule has 0 amide bonds. The van der Waals surface area contributed by atoms with Gasteiger partial charge in [-0.2, -0.15) is 0 Å². The summed E-state index contributed by atoms with van der Waals surface area (Å²) in [4.78, 5) is 13.8. The molecule has 1 fully saturated rings. The topological polar surface area (TPSA) is 48.3 Å². The first-order valence-corrected chi connectivity index (χ1v) is 13.2. The van der Waals surface area contributed by atoms with Gasteiger partial charge in [0, 0.05) is 0 Å². The van der Waals surface area contributed by atoms with Crippen molar-refractivity contribution >= 4 is 30.6 Å². The van der Waals surface area contributed by atoms with Gasteiger partial charge in [-0.3, -0.25) is 0 Å². The van der Waals surface area contributed by atoms with Crippen molar-refractivity contribution in [3.05, 3.63) is 47.6 Å². The van der Waals surface area contributed by atoms with E-state index >= 15 is 0 Å². The number of allylic oxidation sites excluding steroid dienone is 4. The van der Waals surface area contributed by atoms with Crippen molar-refractivity contribution in [1.82, 2.24) is 9.71 Å². The van der Waals surface area contributed by atoms with Crippen molar-refractivity contribution in [3.63, 3.8) is 0 Å². The van der Waals surface area contributed by atoms with Gasteiger partial charge in [-0.1, -0.05) is 0 Å². The first-order valence-electron chi connectivity index (χ1n) is 12.3. The Morgan fingerprint density at radius 3 is 2.82 bits per heavy atom. The summed E-state index contributed by atoms with van der Waals surface area (Å²) in [5.41, 5.74) is 3.22. The first-order chi connectivity index (χ1) is 16.4. The van der Waals surface area contributed by atoms with E-state index in [-0.39, 0.29) is 5.25 Å². The molecule has 1 saturated heterocycles. The number of alkyl halides is 1. The summed E-state index contributed by atoms with van der Waals surface area (Å²) in [7, 11) is 2.69. The van der Waals surface area contributed by atoms with Crippen LogP contribution in [-0.2, 0) is 4.70 Å². The number of rotatable bonds is 14. The monoisotopic (exact) mass is 486 g/mol. The third-order valence-corrected chi connectivity index (χ3v) is 7.74. The van der Waals surface area contributed by atoms with Crippen molar-refractivity contribution in [3.8, 4) is 0 Å². The molecule has 2 aliphatic rings. The summed E-state index contributed by atoms with van der Waals surface area (Å²) in [6.07, 6.45) is 9.06. The fourth-order valence-corrected chi connectivity index (χ4v) is 5.54. The van der Waals surface area contributed by atoms with E-state index in [1.54, 1.807) is 24.9 Å². The molecule has 0 spiro atoms. The SMILES string of the molecule is C=CCN(B=O)CC1CC2=C(C(/C=C\CC(C)F)=NC)CN=C(C(S/C=C\C)C(C)CC)N2C1. The van der Waals surface area contributed by atoms with E-state index < -0.39 is 6.17 Å². The van der Waals surface area contributed by atoms with Gasteiger partial charge in [0.2, 0.25) is 0 Å². The van der Waals surface area contributed by atoms with Gasteiger partial charge >= 0.3 is 210 Å². The molecule has 4 unspecified atom stereocenters. The van der Waals surface area contributed by atoms with Crippen LogP contribution in [0.5, 0.6) is 0 Å². The molecule has 0 aromatic rings. The van der Waals surface area contributed by atoms with Crippen LogP contribution in [0.25, 0.3) is 0 Å². The van der Waals surface area contributed by atoms with Gasteiger partial charge in [-0.15, -0.1) is 0 Å². The van der Waals surface area contributed by atoms with Crippen molar-refractivity contribution in [1.29, 1.82) is 0 Å². The predicted octanol–water partition coefficient (Wildman–Crippen LogP) is 5.48. The Morgan fingerprint density at radius 2 is 2.24 bits per heavy atom. The van der Waals surface area contributed by atoms with E-state index in [0.717, 1.165) is 43.8 Å². The fraction of sp³-hybridized carbons (Fsp3) is 0.615. The van der Waals surface area contributed by atoms with Crippen LogP contribution in [0.3, 0.4) is 0 Å². The van der Waals surface area contributed by atoms with Crippen molar-refractivity contribution in [2.45, 2.75) is 58.4 Å². The molecular formula is C26H40BFN4OS. The Hall–Kier alpha value is -1.96. The molecule has 186 valence electrons. The maximum absolute atomic E-state index is 13.4. The summed E-state index contributed by atoms with van der Waals surface area (Å²) >= 11 is 1.83. The minimum absolute atomic E-state index is 0.261.